The van der Waals surface area contributed by atoms with Crippen molar-refractivity contribution < 1.29 is 0 Å². The largest absolute Gasteiger partial charge is 0.248 e. The van der Waals surface area contributed by atoms with Crippen molar-refractivity contribution in [2.45, 2.75) is 20.8 Å². The summed E-state index contributed by atoms with van der Waals surface area (Å²) >= 11 is 0. The van der Waals surface area contributed by atoms with E-state index in [9.17, 15) is 0 Å². The van der Waals surface area contributed by atoms with Crippen LogP contribution >= 0.6 is 0 Å². The molecule has 1 aliphatic carbocycles. The summed E-state index contributed by atoms with van der Waals surface area (Å²) < 4.78 is 0. The summed E-state index contributed by atoms with van der Waals surface area (Å²) in [6.45, 7) is 6.28. The number of fused-ring (bicyclic) bond motifs is 1. The Labute approximate surface area is 78.9 Å². The van der Waals surface area contributed by atoms with Gasteiger partial charge in [0.1, 0.15) is 0 Å². The Morgan fingerprint density at radius 2 is 2.00 bits per heavy atom. The van der Waals surface area contributed by atoms with Crippen LogP contribution in [-0.4, -0.2) is 5.71 Å². The first-order valence-corrected chi connectivity index (χ1v) is 4.51. The van der Waals surface area contributed by atoms with Gasteiger partial charge >= 0.3 is 0 Å². The Balaban J connectivity index is 2.31. The minimum Gasteiger partial charge on any atom is -0.248 e. The molecule has 0 aromatic rings. The molecule has 0 radical (unpaired) electrons. The lowest BCUT2D eigenvalue weighted by atomic mass is 10.2. The molecule has 1 heteroatoms. The summed E-state index contributed by atoms with van der Waals surface area (Å²) in [4.78, 5) is 4.50. The first kappa shape index (κ1) is 8.24. The van der Waals surface area contributed by atoms with Gasteiger partial charge in [0, 0.05) is 5.57 Å². The Hall–Kier alpha value is -1.37. The predicted molar refractivity (Wildman–Crippen MR) is 56.8 cm³/mol. The SMILES string of the molecule is CC(C)=CC1=NC2=CC(C)=CC2=C1. The van der Waals surface area contributed by atoms with E-state index in [0.29, 0.717) is 0 Å². The van der Waals surface area contributed by atoms with Gasteiger partial charge in [0.25, 0.3) is 0 Å². The number of hydrogen-bond donors (Lipinski definition) is 0. The third kappa shape index (κ3) is 1.55. The monoisotopic (exact) mass is 171 g/mol. The average Bonchev–Trinajstić information content (AvgIpc) is 2.41. The first-order chi connectivity index (χ1) is 6.15. The van der Waals surface area contributed by atoms with Crippen molar-refractivity contribution in [3.8, 4) is 0 Å². The molecule has 13 heavy (non-hydrogen) atoms. The van der Waals surface area contributed by atoms with Crippen LogP contribution in [-0.2, 0) is 0 Å². The summed E-state index contributed by atoms with van der Waals surface area (Å²) in [5.41, 5.74) is 6.03. The van der Waals surface area contributed by atoms with Crippen molar-refractivity contribution in [1.82, 2.24) is 0 Å². The number of hydrogen-bond acceptors (Lipinski definition) is 1. The van der Waals surface area contributed by atoms with E-state index in [1.54, 1.807) is 0 Å². The van der Waals surface area contributed by atoms with E-state index in [1.807, 2.05) is 0 Å². The van der Waals surface area contributed by atoms with Crippen LogP contribution in [0.15, 0.2) is 51.7 Å². The summed E-state index contributed by atoms with van der Waals surface area (Å²) in [6, 6.07) is 0. The maximum absolute atomic E-state index is 4.50. The van der Waals surface area contributed by atoms with Crippen molar-refractivity contribution >= 4 is 5.71 Å². The van der Waals surface area contributed by atoms with Gasteiger partial charge in [-0.05, 0) is 50.6 Å². The zero-order chi connectivity index (χ0) is 9.42. The smallest absolute Gasteiger partial charge is 0.0712 e. The molecule has 2 rings (SSSR count). The zero-order valence-electron chi connectivity index (χ0n) is 8.26. The summed E-state index contributed by atoms with van der Waals surface area (Å²) in [5.74, 6) is 0. The second kappa shape index (κ2) is 2.84. The number of aliphatic imine (C=N–C) groups is 1. The van der Waals surface area contributed by atoms with E-state index >= 15 is 0 Å². The van der Waals surface area contributed by atoms with Crippen LogP contribution in [0.2, 0.25) is 0 Å². The van der Waals surface area contributed by atoms with Crippen LogP contribution in [0, 0.1) is 0 Å². The molecule has 1 aliphatic heterocycles. The quantitative estimate of drug-likeness (QED) is 0.574. The van der Waals surface area contributed by atoms with Crippen LogP contribution in [0.3, 0.4) is 0 Å². The lowest BCUT2D eigenvalue weighted by Gasteiger charge is -1.88. The second-order valence-corrected chi connectivity index (χ2v) is 3.78. The molecule has 0 N–H and O–H groups in total. The molecule has 1 nitrogen and oxygen atoms in total. The normalized spacial score (nSPS) is 18.7. The summed E-state index contributed by atoms with van der Waals surface area (Å²) in [7, 11) is 0. The molecular weight excluding hydrogens is 158 g/mol. The van der Waals surface area contributed by atoms with Crippen molar-refractivity contribution in [2.24, 2.45) is 4.99 Å². The highest BCUT2D eigenvalue weighted by molar-refractivity contribution is 6.08. The highest BCUT2D eigenvalue weighted by Gasteiger charge is 2.14. The fraction of sp³-hybridized carbons (Fsp3) is 0.250. The highest BCUT2D eigenvalue weighted by Crippen LogP contribution is 2.28. The Bertz CT molecular complexity index is 397. The molecule has 0 aromatic carbocycles. The molecule has 0 saturated carbocycles. The molecule has 0 atom stereocenters. The lowest BCUT2D eigenvalue weighted by molar-refractivity contribution is 1.39. The molecule has 0 bridgehead atoms. The molecule has 1 heterocycles. The maximum atomic E-state index is 4.50. The van der Waals surface area contributed by atoms with E-state index in [1.165, 1.54) is 16.7 Å². The minimum absolute atomic E-state index is 1.07. The van der Waals surface area contributed by atoms with Crippen LogP contribution in [0.5, 0.6) is 0 Å². The van der Waals surface area contributed by atoms with Crippen LogP contribution in [0.25, 0.3) is 0 Å². The maximum Gasteiger partial charge on any atom is 0.0712 e. The molecular formula is C12H13N. The van der Waals surface area contributed by atoms with Crippen molar-refractivity contribution in [3.05, 3.63) is 46.7 Å². The van der Waals surface area contributed by atoms with Crippen LogP contribution in [0.1, 0.15) is 20.8 Å². The van der Waals surface area contributed by atoms with Crippen molar-refractivity contribution in [3.63, 3.8) is 0 Å². The topological polar surface area (TPSA) is 12.4 Å². The van der Waals surface area contributed by atoms with Gasteiger partial charge in [0.2, 0.25) is 0 Å². The van der Waals surface area contributed by atoms with Crippen molar-refractivity contribution in [1.29, 1.82) is 0 Å². The van der Waals surface area contributed by atoms with Gasteiger partial charge in [0.15, 0.2) is 0 Å². The minimum atomic E-state index is 1.07. The molecule has 0 fully saturated rings. The third-order valence-electron chi connectivity index (χ3n) is 2.03. The van der Waals surface area contributed by atoms with Gasteiger partial charge in [-0.15, -0.1) is 0 Å². The predicted octanol–water partition coefficient (Wildman–Crippen LogP) is 3.18. The Morgan fingerprint density at radius 3 is 2.62 bits per heavy atom. The van der Waals surface area contributed by atoms with Crippen LogP contribution in [0.4, 0.5) is 0 Å². The van der Waals surface area contributed by atoms with Crippen molar-refractivity contribution in [2.75, 3.05) is 0 Å². The fourth-order valence-electron chi connectivity index (χ4n) is 1.57. The van der Waals surface area contributed by atoms with Gasteiger partial charge in [0.05, 0.1) is 11.4 Å². The van der Waals surface area contributed by atoms with E-state index in [0.717, 1.165) is 11.4 Å². The third-order valence-corrected chi connectivity index (χ3v) is 2.03. The van der Waals surface area contributed by atoms with Gasteiger partial charge in [-0.1, -0.05) is 5.57 Å². The molecule has 66 valence electrons. The van der Waals surface area contributed by atoms with E-state index in [4.69, 9.17) is 0 Å². The average molecular weight is 171 g/mol. The van der Waals surface area contributed by atoms with Gasteiger partial charge in [-0.3, -0.25) is 0 Å². The molecule has 2 aliphatic rings. The number of rotatable bonds is 1. The fourth-order valence-corrected chi connectivity index (χ4v) is 1.57. The zero-order valence-corrected chi connectivity index (χ0v) is 8.26. The highest BCUT2D eigenvalue weighted by atomic mass is 14.8. The second-order valence-electron chi connectivity index (χ2n) is 3.78. The molecule has 0 aromatic heterocycles. The van der Waals surface area contributed by atoms with Gasteiger partial charge < -0.3 is 0 Å². The molecule has 0 amide bonds. The van der Waals surface area contributed by atoms with E-state index in [-0.39, 0.29) is 0 Å². The van der Waals surface area contributed by atoms with Crippen LogP contribution < -0.4 is 0 Å². The first-order valence-electron chi connectivity index (χ1n) is 4.51. The molecule has 0 unspecified atom stereocenters. The van der Waals surface area contributed by atoms with Gasteiger partial charge in [-0.25, -0.2) is 4.99 Å². The Morgan fingerprint density at radius 1 is 1.23 bits per heavy atom. The lowest BCUT2D eigenvalue weighted by Crippen LogP contribution is -1.83. The Kier molecular flexibility index (Phi) is 1.80. The standard InChI is InChI=1S/C12H13N/c1-8(2)4-11-7-10-5-9(3)6-12(10)13-11/h4-7H,1-3H3. The number of allylic oxidation sites excluding steroid dienone is 6. The van der Waals surface area contributed by atoms with Gasteiger partial charge in [-0.2, -0.15) is 0 Å². The van der Waals surface area contributed by atoms with E-state index in [2.05, 4.69) is 50.1 Å². The summed E-state index contributed by atoms with van der Waals surface area (Å²) in [6.07, 6.45) is 8.53. The number of nitrogens with zero attached hydrogens (tertiary/aromatic N) is 1. The molecule has 0 saturated heterocycles. The van der Waals surface area contributed by atoms with E-state index < -0.39 is 0 Å². The summed E-state index contributed by atoms with van der Waals surface area (Å²) in [5, 5.41) is 0. The molecule has 0 spiro atoms.